The van der Waals surface area contributed by atoms with Crippen LogP contribution in [0.3, 0.4) is 0 Å². The summed E-state index contributed by atoms with van der Waals surface area (Å²) in [5.74, 6) is -2.99. The Balaban J connectivity index is 2.55. The summed E-state index contributed by atoms with van der Waals surface area (Å²) in [5.41, 5.74) is 0. The molecule has 0 aromatic carbocycles. The summed E-state index contributed by atoms with van der Waals surface area (Å²) in [5, 5.41) is 11.0. The zero-order chi connectivity index (χ0) is 12.9. The smallest absolute Gasteiger partial charge is 0.392 e. The van der Waals surface area contributed by atoms with Gasteiger partial charge in [-0.15, -0.1) is 0 Å². The molecule has 17 heavy (non-hydrogen) atoms. The van der Waals surface area contributed by atoms with E-state index in [4.69, 9.17) is 5.11 Å². The fourth-order valence-electron chi connectivity index (χ4n) is 2.26. The molecular weight excluding hydrogens is 235 g/mol. The van der Waals surface area contributed by atoms with Gasteiger partial charge in [0, 0.05) is 19.1 Å². The number of halogens is 3. The molecule has 1 saturated carbocycles. The molecule has 6 heteroatoms. The number of hydrogen-bond acceptors (Lipinski definition) is 2. The largest absolute Gasteiger partial charge is 0.396 e. The molecule has 1 aliphatic carbocycles. The van der Waals surface area contributed by atoms with E-state index in [2.05, 4.69) is 5.32 Å². The van der Waals surface area contributed by atoms with Crippen LogP contribution in [-0.2, 0) is 4.79 Å². The molecule has 2 N–H and O–H groups in total. The van der Waals surface area contributed by atoms with Crippen LogP contribution in [0.25, 0.3) is 0 Å². The topological polar surface area (TPSA) is 49.3 Å². The normalized spacial score (nSPS) is 25.6. The van der Waals surface area contributed by atoms with Crippen LogP contribution >= 0.6 is 0 Å². The minimum Gasteiger partial charge on any atom is -0.396 e. The van der Waals surface area contributed by atoms with Crippen molar-refractivity contribution in [2.75, 3.05) is 13.2 Å². The van der Waals surface area contributed by atoms with Crippen LogP contribution in [0.5, 0.6) is 0 Å². The van der Waals surface area contributed by atoms with Gasteiger partial charge in [0.25, 0.3) is 0 Å². The van der Waals surface area contributed by atoms with Crippen molar-refractivity contribution in [1.29, 1.82) is 0 Å². The molecule has 0 aromatic heterocycles. The maximum atomic E-state index is 12.7. The zero-order valence-electron chi connectivity index (χ0n) is 9.59. The van der Waals surface area contributed by atoms with Crippen molar-refractivity contribution < 1.29 is 23.1 Å². The predicted octanol–water partition coefficient (Wildman–Crippen LogP) is 1.85. The van der Waals surface area contributed by atoms with E-state index in [-0.39, 0.29) is 19.6 Å². The van der Waals surface area contributed by atoms with Gasteiger partial charge in [-0.05, 0) is 19.3 Å². The molecule has 0 heterocycles. The second-order valence-electron chi connectivity index (χ2n) is 4.41. The minimum atomic E-state index is -4.29. The van der Waals surface area contributed by atoms with E-state index in [1.165, 1.54) is 0 Å². The molecule has 2 unspecified atom stereocenters. The summed E-state index contributed by atoms with van der Waals surface area (Å²) in [4.78, 5) is 11.6. The van der Waals surface area contributed by atoms with Crippen LogP contribution < -0.4 is 5.32 Å². The van der Waals surface area contributed by atoms with E-state index in [1.54, 1.807) is 0 Å². The zero-order valence-corrected chi connectivity index (χ0v) is 9.59. The second-order valence-corrected chi connectivity index (χ2v) is 4.41. The summed E-state index contributed by atoms with van der Waals surface area (Å²) in [7, 11) is 0. The van der Waals surface area contributed by atoms with E-state index in [0.717, 1.165) is 0 Å². The van der Waals surface area contributed by atoms with Crippen molar-refractivity contribution in [1.82, 2.24) is 5.32 Å². The quantitative estimate of drug-likeness (QED) is 0.751. The summed E-state index contributed by atoms with van der Waals surface area (Å²) in [6.07, 6.45) is -2.37. The lowest BCUT2D eigenvalue weighted by atomic mass is 9.78. The number of rotatable bonds is 4. The Bertz CT molecular complexity index is 256. The van der Waals surface area contributed by atoms with Crippen LogP contribution in [0.4, 0.5) is 13.2 Å². The van der Waals surface area contributed by atoms with Crippen LogP contribution in [0.1, 0.15) is 32.1 Å². The fourth-order valence-corrected chi connectivity index (χ4v) is 2.26. The van der Waals surface area contributed by atoms with Crippen LogP contribution in [0.15, 0.2) is 0 Å². The van der Waals surface area contributed by atoms with Gasteiger partial charge in [-0.1, -0.05) is 12.8 Å². The van der Waals surface area contributed by atoms with Gasteiger partial charge >= 0.3 is 6.18 Å². The lowest BCUT2D eigenvalue weighted by Gasteiger charge is -2.31. The number of hydrogen-bond donors (Lipinski definition) is 2. The highest BCUT2D eigenvalue weighted by Gasteiger charge is 2.47. The molecule has 100 valence electrons. The number of carbonyl (C=O) groups excluding carboxylic acids is 1. The first-order chi connectivity index (χ1) is 7.96. The standard InChI is InChI=1S/C11H18F3NO2/c12-11(13,14)9-5-2-1-4-8(9)10(17)15-6-3-7-16/h8-9,16H,1-7H2,(H,15,17). The Hall–Kier alpha value is -0.780. The molecular formula is C11H18F3NO2. The van der Waals surface area contributed by atoms with Crippen molar-refractivity contribution in [2.24, 2.45) is 11.8 Å². The Labute approximate surface area is 98.4 Å². The highest BCUT2D eigenvalue weighted by Crippen LogP contribution is 2.41. The molecule has 2 atom stereocenters. The van der Waals surface area contributed by atoms with Crippen molar-refractivity contribution in [3.05, 3.63) is 0 Å². The Morgan fingerprint density at radius 3 is 2.53 bits per heavy atom. The van der Waals surface area contributed by atoms with E-state index >= 15 is 0 Å². The molecule has 0 aliphatic heterocycles. The molecule has 0 saturated heterocycles. The number of aliphatic hydroxyl groups excluding tert-OH is 1. The molecule has 1 rings (SSSR count). The third kappa shape index (κ3) is 4.18. The third-order valence-corrected chi connectivity index (χ3v) is 3.16. The van der Waals surface area contributed by atoms with Gasteiger partial charge in [0.15, 0.2) is 0 Å². The van der Waals surface area contributed by atoms with Crippen LogP contribution in [-0.4, -0.2) is 30.3 Å². The van der Waals surface area contributed by atoms with E-state index in [1.807, 2.05) is 0 Å². The predicted molar refractivity (Wildman–Crippen MR) is 56.2 cm³/mol. The lowest BCUT2D eigenvalue weighted by Crippen LogP contribution is -2.42. The molecule has 0 aromatic rings. The molecule has 3 nitrogen and oxygen atoms in total. The second kappa shape index (κ2) is 6.23. The molecule has 1 aliphatic rings. The van der Waals surface area contributed by atoms with Crippen molar-refractivity contribution in [3.8, 4) is 0 Å². The number of carbonyl (C=O) groups is 1. The molecule has 1 fully saturated rings. The minimum absolute atomic E-state index is 0.0432. The summed E-state index contributed by atoms with van der Waals surface area (Å²) in [6.45, 7) is 0.157. The number of aliphatic hydroxyl groups is 1. The summed E-state index contributed by atoms with van der Waals surface area (Å²) < 4.78 is 38.2. The maximum absolute atomic E-state index is 12.7. The van der Waals surface area contributed by atoms with Crippen LogP contribution in [0, 0.1) is 11.8 Å². The highest BCUT2D eigenvalue weighted by atomic mass is 19.4. The Kier molecular flexibility index (Phi) is 5.24. The van der Waals surface area contributed by atoms with E-state index < -0.39 is 23.9 Å². The number of nitrogens with one attached hydrogen (secondary N) is 1. The average molecular weight is 253 g/mol. The first kappa shape index (κ1) is 14.3. The first-order valence-corrected chi connectivity index (χ1v) is 5.92. The number of alkyl halides is 3. The van der Waals surface area contributed by atoms with Gasteiger partial charge in [-0.25, -0.2) is 0 Å². The van der Waals surface area contributed by atoms with E-state index in [0.29, 0.717) is 25.7 Å². The Morgan fingerprint density at radius 1 is 1.29 bits per heavy atom. The van der Waals surface area contributed by atoms with Crippen molar-refractivity contribution in [2.45, 2.75) is 38.3 Å². The SMILES string of the molecule is O=C(NCCCO)C1CCCCC1C(F)(F)F. The highest BCUT2D eigenvalue weighted by molar-refractivity contribution is 5.79. The van der Waals surface area contributed by atoms with Gasteiger partial charge in [0.2, 0.25) is 5.91 Å². The van der Waals surface area contributed by atoms with Crippen molar-refractivity contribution >= 4 is 5.91 Å². The molecule has 0 bridgehead atoms. The van der Waals surface area contributed by atoms with Gasteiger partial charge in [-0.2, -0.15) is 13.2 Å². The van der Waals surface area contributed by atoms with Gasteiger partial charge < -0.3 is 10.4 Å². The lowest BCUT2D eigenvalue weighted by molar-refractivity contribution is -0.198. The number of amides is 1. The van der Waals surface area contributed by atoms with Gasteiger partial charge in [0.05, 0.1) is 5.92 Å². The summed E-state index contributed by atoms with van der Waals surface area (Å²) >= 11 is 0. The Morgan fingerprint density at radius 2 is 1.94 bits per heavy atom. The molecule has 1 amide bonds. The monoisotopic (exact) mass is 253 g/mol. The maximum Gasteiger partial charge on any atom is 0.392 e. The fraction of sp³-hybridized carbons (Fsp3) is 0.909. The summed E-state index contributed by atoms with van der Waals surface area (Å²) in [6, 6.07) is 0. The van der Waals surface area contributed by atoms with E-state index in [9.17, 15) is 18.0 Å². The van der Waals surface area contributed by atoms with Crippen molar-refractivity contribution in [3.63, 3.8) is 0 Å². The van der Waals surface area contributed by atoms with Gasteiger partial charge in [-0.3, -0.25) is 4.79 Å². The first-order valence-electron chi connectivity index (χ1n) is 5.92. The van der Waals surface area contributed by atoms with Crippen LogP contribution in [0.2, 0.25) is 0 Å². The average Bonchev–Trinajstić information content (AvgIpc) is 2.28. The third-order valence-electron chi connectivity index (χ3n) is 3.16. The molecule has 0 spiro atoms. The molecule has 0 radical (unpaired) electrons. The van der Waals surface area contributed by atoms with Gasteiger partial charge in [0.1, 0.15) is 0 Å².